The summed E-state index contributed by atoms with van der Waals surface area (Å²) in [5.41, 5.74) is 0.378. The molecule has 4 fully saturated rings. The minimum atomic E-state index is 0. The van der Waals surface area contributed by atoms with Crippen LogP contribution in [0.5, 0.6) is 0 Å². The van der Waals surface area contributed by atoms with Crippen LogP contribution in [0.3, 0.4) is 0 Å². The molecule has 0 aromatic heterocycles. The van der Waals surface area contributed by atoms with Crippen LogP contribution in [0.15, 0.2) is 4.99 Å². The molecule has 0 aromatic rings. The number of hydrogen-bond acceptors (Lipinski definition) is 3. The average molecular weight is 435 g/mol. The SMILES string of the molecule is CN=C(NCC1CCCO1)NC1C2CCOC2C12CCCC2.I. The van der Waals surface area contributed by atoms with E-state index in [4.69, 9.17) is 9.47 Å². The molecule has 4 unspecified atom stereocenters. The Morgan fingerprint density at radius 3 is 2.65 bits per heavy atom. The Bertz CT molecular complexity index is 434. The first kappa shape index (κ1) is 17.7. The van der Waals surface area contributed by atoms with Gasteiger partial charge in [-0.3, -0.25) is 4.99 Å². The van der Waals surface area contributed by atoms with Gasteiger partial charge in [0.15, 0.2) is 5.96 Å². The molecule has 0 radical (unpaired) electrons. The monoisotopic (exact) mass is 435 g/mol. The van der Waals surface area contributed by atoms with Crippen molar-refractivity contribution in [3.63, 3.8) is 0 Å². The van der Waals surface area contributed by atoms with Gasteiger partial charge in [0.1, 0.15) is 0 Å². The van der Waals surface area contributed by atoms with Gasteiger partial charge in [-0.2, -0.15) is 0 Å². The Balaban J connectivity index is 0.00000156. The highest BCUT2D eigenvalue weighted by Crippen LogP contribution is 2.60. The Kier molecular flexibility index (Phi) is 5.73. The summed E-state index contributed by atoms with van der Waals surface area (Å²) >= 11 is 0. The number of ether oxygens (including phenoxy) is 2. The molecule has 4 aliphatic rings. The highest BCUT2D eigenvalue weighted by atomic mass is 127. The molecule has 1 spiro atoms. The van der Waals surface area contributed by atoms with Gasteiger partial charge in [-0.25, -0.2) is 0 Å². The molecule has 5 nitrogen and oxygen atoms in total. The molecule has 2 aliphatic heterocycles. The Morgan fingerprint density at radius 1 is 1.13 bits per heavy atom. The molecule has 0 bridgehead atoms. The van der Waals surface area contributed by atoms with Gasteiger partial charge in [-0.15, -0.1) is 24.0 Å². The number of aliphatic imine (C=N–C) groups is 1. The van der Waals surface area contributed by atoms with Gasteiger partial charge >= 0.3 is 0 Å². The van der Waals surface area contributed by atoms with E-state index >= 15 is 0 Å². The third-order valence-corrected chi connectivity index (χ3v) is 6.32. The maximum atomic E-state index is 6.06. The Morgan fingerprint density at radius 2 is 1.96 bits per heavy atom. The van der Waals surface area contributed by atoms with Crippen LogP contribution in [0, 0.1) is 11.3 Å². The van der Waals surface area contributed by atoms with Crippen LogP contribution in [-0.2, 0) is 9.47 Å². The third-order valence-electron chi connectivity index (χ3n) is 6.32. The van der Waals surface area contributed by atoms with Gasteiger partial charge in [0.05, 0.1) is 12.2 Å². The molecule has 4 rings (SSSR count). The lowest BCUT2D eigenvalue weighted by molar-refractivity contribution is -0.125. The van der Waals surface area contributed by atoms with E-state index in [1.54, 1.807) is 0 Å². The van der Waals surface area contributed by atoms with Crippen LogP contribution in [0.25, 0.3) is 0 Å². The van der Waals surface area contributed by atoms with Crippen molar-refractivity contribution in [2.75, 3.05) is 26.8 Å². The number of nitrogens with one attached hydrogen (secondary N) is 2. The molecule has 23 heavy (non-hydrogen) atoms. The summed E-state index contributed by atoms with van der Waals surface area (Å²) in [5.74, 6) is 1.62. The summed E-state index contributed by atoms with van der Waals surface area (Å²) < 4.78 is 11.7. The summed E-state index contributed by atoms with van der Waals surface area (Å²) in [7, 11) is 1.87. The lowest BCUT2D eigenvalue weighted by atomic mass is 9.54. The average Bonchev–Trinajstić information content (AvgIpc) is 3.27. The Hall–Kier alpha value is -0.0800. The highest BCUT2D eigenvalue weighted by molar-refractivity contribution is 14.0. The summed E-state index contributed by atoms with van der Waals surface area (Å²) in [6, 6.07) is 0.540. The van der Waals surface area contributed by atoms with E-state index in [-0.39, 0.29) is 24.0 Å². The van der Waals surface area contributed by atoms with Crippen LogP contribution < -0.4 is 10.6 Å². The van der Waals surface area contributed by atoms with E-state index < -0.39 is 0 Å². The van der Waals surface area contributed by atoms with E-state index in [9.17, 15) is 0 Å². The molecule has 2 heterocycles. The van der Waals surface area contributed by atoms with E-state index in [0.717, 1.165) is 32.1 Å². The molecule has 2 aliphatic carbocycles. The molecule has 2 N–H and O–H groups in total. The van der Waals surface area contributed by atoms with Crippen molar-refractivity contribution in [2.24, 2.45) is 16.3 Å². The van der Waals surface area contributed by atoms with Crippen molar-refractivity contribution in [1.82, 2.24) is 10.6 Å². The zero-order valence-corrected chi connectivity index (χ0v) is 16.4. The van der Waals surface area contributed by atoms with Crippen molar-refractivity contribution in [1.29, 1.82) is 0 Å². The van der Waals surface area contributed by atoms with Gasteiger partial charge in [0.25, 0.3) is 0 Å². The largest absolute Gasteiger partial charge is 0.377 e. The van der Waals surface area contributed by atoms with Crippen molar-refractivity contribution in [3.05, 3.63) is 0 Å². The predicted octanol–water partition coefficient (Wildman–Crippen LogP) is 2.30. The van der Waals surface area contributed by atoms with Crippen LogP contribution in [-0.4, -0.2) is 51.0 Å². The van der Waals surface area contributed by atoms with Gasteiger partial charge in [-0.1, -0.05) is 12.8 Å². The van der Waals surface area contributed by atoms with Crippen LogP contribution in [0.2, 0.25) is 0 Å². The minimum absolute atomic E-state index is 0. The first-order valence-electron chi connectivity index (χ1n) is 9.04. The molecular weight excluding hydrogens is 405 g/mol. The lowest BCUT2D eigenvalue weighted by Gasteiger charge is -2.57. The van der Waals surface area contributed by atoms with Gasteiger partial charge in [0.2, 0.25) is 0 Å². The van der Waals surface area contributed by atoms with Gasteiger partial charge in [-0.05, 0) is 32.1 Å². The second kappa shape index (κ2) is 7.44. The third kappa shape index (κ3) is 3.11. The summed E-state index contributed by atoms with van der Waals surface area (Å²) in [6.45, 7) is 2.71. The van der Waals surface area contributed by atoms with Crippen LogP contribution >= 0.6 is 24.0 Å². The molecule has 4 atom stereocenters. The number of hydrogen-bond donors (Lipinski definition) is 2. The maximum Gasteiger partial charge on any atom is 0.191 e. The topological polar surface area (TPSA) is 54.9 Å². The molecular formula is C17H30IN3O2. The van der Waals surface area contributed by atoms with Crippen molar-refractivity contribution in [3.8, 4) is 0 Å². The van der Waals surface area contributed by atoms with Crippen LogP contribution in [0.1, 0.15) is 44.9 Å². The number of nitrogens with zero attached hydrogens (tertiary/aromatic N) is 1. The van der Waals surface area contributed by atoms with E-state index in [0.29, 0.717) is 29.6 Å². The van der Waals surface area contributed by atoms with E-state index in [1.807, 2.05) is 7.05 Å². The molecule has 0 amide bonds. The molecule has 2 saturated heterocycles. The quantitative estimate of drug-likeness (QED) is 0.406. The molecule has 0 aromatic carbocycles. The fourth-order valence-electron chi connectivity index (χ4n) is 5.26. The molecule has 6 heteroatoms. The summed E-state index contributed by atoms with van der Waals surface area (Å²) in [6.07, 6.45) is 9.74. The smallest absolute Gasteiger partial charge is 0.191 e. The number of halogens is 1. The highest BCUT2D eigenvalue weighted by Gasteiger charge is 2.65. The molecule has 132 valence electrons. The Labute approximate surface area is 156 Å². The maximum absolute atomic E-state index is 6.06. The number of fused-ring (bicyclic) bond motifs is 2. The van der Waals surface area contributed by atoms with Gasteiger partial charge < -0.3 is 20.1 Å². The summed E-state index contributed by atoms with van der Waals surface area (Å²) in [5, 5.41) is 7.20. The fraction of sp³-hybridized carbons (Fsp3) is 0.941. The van der Waals surface area contributed by atoms with Crippen molar-refractivity contribution in [2.45, 2.75) is 63.2 Å². The second-order valence-electron chi connectivity index (χ2n) is 7.39. The zero-order valence-electron chi connectivity index (χ0n) is 14.1. The number of rotatable bonds is 3. The predicted molar refractivity (Wildman–Crippen MR) is 101 cm³/mol. The number of guanidine groups is 1. The van der Waals surface area contributed by atoms with E-state index in [2.05, 4.69) is 15.6 Å². The van der Waals surface area contributed by atoms with E-state index in [1.165, 1.54) is 38.5 Å². The van der Waals surface area contributed by atoms with Crippen LogP contribution in [0.4, 0.5) is 0 Å². The standard InChI is InChI=1S/C17H29N3O2.HI/c1-18-16(19-11-12-5-4-9-21-12)20-14-13-6-10-22-15(13)17(14)7-2-3-8-17;/h12-15H,2-11H2,1H3,(H2,18,19,20);1H. The summed E-state index contributed by atoms with van der Waals surface area (Å²) in [4.78, 5) is 4.44. The van der Waals surface area contributed by atoms with Crippen molar-refractivity contribution < 1.29 is 9.47 Å². The zero-order chi connectivity index (χ0) is 15.0. The minimum Gasteiger partial charge on any atom is -0.377 e. The van der Waals surface area contributed by atoms with Gasteiger partial charge in [0, 0.05) is 44.2 Å². The lowest BCUT2D eigenvalue weighted by Crippen LogP contribution is -2.69. The molecule has 2 saturated carbocycles. The first-order chi connectivity index (χ1) is 10.8. The first-order valence-corrected chi connectivity index (χ1v) is 9.04. The second-order valence-corrected chi connectivity index (χ2v) is 7.39. The van der Waals surface area contributed by atoms with Crippen molar-refractivity contribution >= 4 is 29.9 Å². The normalized spacial score (nSPS) is 38.0. The fourth-order valence-corrected chi connectivity index (χ4v) is 5.26.